The molecule has 2 aromatic carbocycles. The van der Waals surface area contributed by atoms with Gasteiger partial charge in [-0.25, -0.2) is 0 Å². The van der Waals surface area contributed by atoms with Crippen LogP contribution in [0.1, 0.15) is 6.92 Å². The molecule has 0 saturated carbocycles. The minimum Gasteiger partial charge on any atom is -0.497 e. The normalized spacial score (nSPS) is 11.8. The number of ether oxygens (including phenoxy) is 2. The Hall–Kier alpha value is -3.22. The second-order valence-electron chi connectivity index (χ2n) is 5.12. The first kappa shape index (κ1) is 18.1. The van der Waals surface area contributed by atoms with Crippen molar-refractivity contribution in [1.82, 2.24) is 0 Å². The molecule has 0 aromatic heterocycles. The van der Waals surface area contributed by atoms with E-state index in [4.69, 9.17) is 9.47 Å². The molecule has 1 N–H and O–H groups in total. The minimum atomic E-state index is -1.25. The van der Waals surface area contributed by atoms with Crippen molar-refractivity contribution in [2.45, 2.75) is 13.0 Å². The molecule has 0 spiro atoms. The highest BCUT2D eigenvalue weighted by molar-refractivity contribution is 6.10. The summed E-state index contributed by atoms with van der Waals surface area (Å²) in [6.45, 7) is 1.29. The van der Waals surface area contributed by atoms with Gasteiger partial charge in [0.25, 0.3) is 5.91 Å². The third kappa shape index (κ3) is 4.87. The Morgan fingerprint density at radius 2 is 1.76 bits per heavy atom. The molecule has 0 heterocycles. The molecule has 130 valence electrons. The predicted octanol–water partition coefficient (Wildman–Crippen LogP) is 3.38. The molecule has 0 aliphatic heterocycles. The zero-order valence-electron chi connectivity index (χ0n) is 14.2. The van der Waals surface area contributed by atoms with Crippen molar-refractivity contribution in [2.75, 3.05) is 19.5 Å². The van der Waals surface area contributed by atoms with Crippen LogP contribution in [-0.4, -0.2) is 32.0 Å². The topological polar surface area (TPSA) is 89.3 Å². The molecule has 7 nitrogen and oxygen atoms in total. The smallest absolute Gasteiger partial charge is 0.258 e. The molecule has 2 aromatic rings. The fourth-order valence-corrected chi connectivity index (χ4v) is 2.05. The van der Waals surface area contributed by atoms with Crippen LogP contribution in [0.5, 0.6) is 11.5 Å². The lowest BCUT2D eigenvalue weighted by atomic mass is 10.2. The van der Waals surface area contributed by atoms with E-state index in [1.165, 1.54) is 21.1 Å². The highest BCUT2D eigenvalue weighted by atomic mass is 16.5. The number of carbonyl (C=O) groups excluding carboxylic acids is 2. The SMILES string of the molecule is COc1ccc(OC)c(N=NC(C(C)=O)C(=O)Nc2ccccc2)c1. The Morgan fingerprint density at radius 3 is 2.36 bits per heavy atom. The predicted molar refractivity (Wildman–Crippen MR) is 93.6 cm³/mol. The highest BCUT2D eigenvalue weighted by Gasteiger charge is 2.23. The molecule has 25 heavy (non-hydrogen) atoms. The Bertz CT molecular complexity index is 775. The Morgan fingerprint density at radius 1 is 1.04 bits per heavy atom. The summed E-state index contributed by atoms with van der Waals surface area (Å²) in [6, 6.07) is 12.6. The van der Waals surface area contributed by atoms with E-state index >= 15 is 0 Å². The first-order valence-electron chi connectivity index (χ1n) is 7.54. The van der Waals surface area contributed by atoms with Crippen molar-refractivity contribution < 1.29 is 19.1 Å². The van der Waals surface area contributed by atoms with Crippen LogP contribution in [-0.2, 0) is 9.59 Å². The fourth-order valence-electron chi connectivity index (χ4n) is 2.05. The fraction of sp³-hybridized carbons (Fsp3) is 0.222. The number of amides is 1. The summed E-state index contributed by atoms with van der Waals surface area (Å²) in [5, 5.41) is 10.6. The van der Waals surface area contributed by atoms with Crippen LogP contribution < -0.4 is 14.8 Å². The van der Waals surface area contributed by atoms with Crippen LogP contribution >= 0.6 is 0 Å². The van der Waals surface area contributed by atoms with Crippen molar-refractivity contribution >= 4 is 23.1 Å². The van der Waals surface area contributed by atoms with Crippen LogP contribution in [0.3, 0.4) is 0 Å². The maximum absolute atomic E-state index is 12.3. The Kier molecular flexibility index (Phi) is 6.22. The molecule has 0 saturated heterocycles. The number of benzene rings is 2. The van der Waals surface area contributed by atoms with Crippen molar-refractivity contribution in [3.63, 3.8) is 0 Å². The summed E-state index contributed by atoms with van der Waals surface area (Å²) in [5.74, 6) is 0.0431. The molecule has 0 radical (unpaired) electrons. The molecule has 0 aliphatic carbocycles. The van der Waals surface area contributed by atoms with Gasteiger partial charge in [0.1, 0.15) is 17.2 Å². The number of Topliss-reactive ketones (excluding diaryl/α,β-unsaturated/α-hetero) is 1. The van der Waals surface area contributed by atoms with Crippen molar-refractivity contribution in [3.8, 4) is 11.5 Å². The minimum absolute atomic E-state index is 0.362. The van der Waals surface area contributed by atoms with Gasteiger partial charge in [0, 0.05) is 11.8 Å². The molecule has 7 heteroatoms. The monoisotopic (exact) mass is 341 g/mol. The van der Waals surface area contributed by atoms with Gasteiger partial charge in [-0.1, -0.05) is 18.2 Å². The van der Waals surface area contributed by atoms with Gasteiger partial charge >= 0.3 is 0 Å². The number of para-hydroxylation sites is 1. The lowest BCUT2D eigenvalue weighted by molar-refractivity contribution is -0.126. The van der Waals surface area contributed by atoms with E-state index in [1.807, 2.05) is 6.07 Å². The largest absolute Gasteiger partial charge is 0.497 e. The van der Waals surface area contributed by atoms with Gasteiger partial charge in [0.05, 0.1) is 14.2 Å². The molecule has 1 unspecified atom stereocenters. The summed E-state index contributed by atoms with van der Waals surface area (Å²) in [6.07, 6.45) is 0. The van der Waals surface area contributed by atoms with E-state index in [0.717, 1.165) is 0 Å². The van der Waals surface area contributed by atoms with E-state index in [9.17, 15) is 9.59 Å². The van der Waals surface area contributed by atoms with Gasteiger partial charge in [-0.3, -0.25) is 9.59 Å². The van der Waals surface area contributed by atoms with Crippen molar-refractivity contribution in [1.29, 1.82) is 0 Å². The summed E-state index contributed by atoms with van der Waals surface area (Å²) in [5.41, 5.74) is 0.938. The summed E-state index contributed by atoms with van der Waals surface area (Å²) in [7, 11) is 3.01. The van der Waals surface area contributed by atoms with E-state index in [0.29, 0.717) is 22.9 Å². The van der Waals surface area contributed by atoms with Gasteiger partial charge in [0.15, 0.2) is 5.78 Å². The third-order valence-electron chi connectivity index (χ3n) is 3.34. The number of nitrogens with zero attached hydrogens (tertiary/aromatic N) is 2. The first-order chi connectivity index (χ1) is 12.0. The number of azo groups is 1. The van der Waals surface area contributed by atoms with E-state index in [1.54, 1.807) is 42.5 Å². The quantitative estimate of drug-likeness (QED) is 0.617. The van der Waals surface area contributed by atoms with Gasteiger partial charge in [-0.2, -0.15) is 10.2 Å². The number of methoxy groups -OCH3 is 2. The van der Waals surface area contributed by atoms with Gasteiger partial charge in [-0.05, 0) is 31.2 Å². The zero-order valence-corrected chi connectivity index (χ0v) is 14.2. The van der Waals surface area contributed by atoms with E-state index in [-0.39, 0.29) is 0 Å². The number of rotatable bonds is 7. The second kappa shape index (κ2) is 8.58. The van der Waals surface area contributed by atoms with Crippen LogP contribution in [0.2, 0.25) is 0 Å². The maximum atomic E-state index is 12.3. The van der Waals surface area contributed by atoms with E-state index in [2.05, 4.69) is 15.5 Å². The zero-order chi connectivity index (χ0) is 18.2. The number of hydrogen-bond donors (Lipinski definition) is 1. The lowest BCUT2D eigenvalue weighted by Gasteiger charge is -2.10. The molecule has 0 fully saturated rings. The van der Waals surface area contributed by atoms with E-state index < -0.39 is 17.7 Å². The van der Waals surface area contributed by atoms with Crippen LogP contribution in [0, 0.1) is 0 Å². The number of hydrogen-bond acceptors (Lipinski definition) is 6. The van der Waals surface area contributed by atoms with Crippen molar-refractivity contribution in [3.05, 3.63) is 48.5 Å². The van der Waals surface area contributed by atoms with Gasteiger partial charge in [0.2, 0.25) is 6.04 Å². The third-order valence-corrected chi connectivity index (χ3v) is 3.34. The molecule has 0 bridgehead atoms. The molecular weight excluding hydrogens is 322 g/mol. The van der Waals surface area contributed by atoms with Crippen LogP contribution in [0.4, 0.5) is 11.4 Å². The molecule has 1 atom stereocenters. The van der Waals surface area contributed by atoms with Crippen molar-refractivity contribution in [2.24, 2.45) is 10.2 Å². The maximum Gasteiger partial charge on any atom is 0.258 e. The number of carbonyl (C=O) groups is 2. The molecule has 2 rings (SSSR count). The van der Waals surface area contributed by atoms with Gasteiger partial charge < -0.3 is 14.8 Å². The second-order valence-corrected chi connectivity index (χ2v) is 5.12. The standard InChI is InChI=1S/C18H19N3O4/c1-12(22)17(18(23)19-13-7-5-4-6-8-13)21-20-15-11-14(24-2)9-10-16(15)25-3/h4-11,17H,1-3H3,(H,19,23). The Labute approximate surface area is 145 Å². The average molecular weight is 341 g/mol. The Balaban J connectivity index is 2.22. The molecule has 1 amide bonds. The number of anilines is 1. The molecule has 0 aliphatic rings. The van der Waals surface area contributed by atoms with Crippen LogP contribution in [0.15, 0.2) is 58.8 Å². The first-order valence-corrected chi connectivity index (χ1v) is 7.54. The number of nitrogens with one attached hydrogen (secondary N) is 1. The summed E-state index contributed by atoms with van der Waals surface area (Å²) in [4.78, 5) is 24.1. The summed E-state index contributed by atoms with van der Waals surface area (Å²) < 4.78 is 10.3. The van der Waals surface area contributed by atoms with Gasteiger partial charge in [-0.15, -0.1) is 0 Å². The molecular formula is C18H19N3O4. The number of ketones is 1. The summed E-state index contributed by atoms with van der Waals surface area (Å²) >= 11 is 0. The highest BCUT2D eigenvalue weighted by Crippen LogP contribution is 2.32. The average Bonchev–Trinajstić information content (AvgIpc) is 2.62. The van der Waals surface area contributed by atoms with Crippen LogP contribution in [0.25, 0.3) is 0 Å². The lowest BCUT2D eigenvalue weighted by Crippen LogP contribution is -2.31.